The van der Waals surface area contributed by atoms with Crippen molar-refractivity contribution in [1.29, 1.82) is 0 Å². The molecule has 1 heteroatoms. The van der Waals surface area contributed by atoms with E-state index in [1.165, 1.54) is 25.7 Å². The summed E-state index contributed by atoms with van der Waals surface area (Å²) >= 11 is 0. The quantitative estimate of drug-likeness (QED) is 0.591. The van der Waals surface area contributed by atoms with Crippen molar-refractivity contribution in [3.05, 3.63) is 0 Å². The topological polar surface area (TPSA) is 9.23 Å². The maximum atomic E-state index is 4.98. The highest BCUT2D eigenvalue weighted by molar-refractivity contribution is 4.60. The predicted octanol–water partition coefficient (Wildman–Crippen LogP) is 3.63. The van der Waals surface area contributed by atoms with Crippen molar-refractivity contribution in [2.24, 2.45) is 5.92 Å². The Hall–Kier alpha value is -0.0400. The number of hydrogen-bond acceptors (Lipinski definition) is 1. The van der Waals surface area contributed by atoms with E-state index in [1.807, 2.05) is 6.92 Å². The molecule has 1 saturated carbocycles. The molecule has 0 unspecified atom stereocenters. The number of rotatable bonds is 3. The molecule has 0 aromatic carbocycles. The molecule has 0 aromatic heterocycles. The van der Waals surface area contributed by atoms with Crippen LogP contribution >= 0.6 is 0 Å². The van der Waals surface area contributed by atoms with Crippen molar-refractivity contribution in [2.75, 3.05) is 13.2 Å². The summed E-state index contributed by atoms with van der Waals surface area (Å²) in [6.45, 7) is 8.22. The van der Waals surface area contributed by atoms with Crippen LogP contribution in [0.1, 0.15) is 52.9 Å². The van der Waals surface area contributed by atoms with Crippen LogP contribution in [0.4, 0.5) is 0 Å². The molecule has 1 aliphatic carbocycles. The summed E-state index contributed by atoms with van der Waals surface area (Å²) in [5.74, 6) is 1.05. The predicted molar refractivity (Wildman–Crippen MR) is 54.4 cm³/mol. The van der Waals surface area contributed by atoms with E-state index in [1.54, 1.807) is 0 Å². The van der Waals surface area contributed by atoms with E-state index in [0.29, 0.717) is 0 Å². The van der Waals surface area contributed by atoms with E-state index in [0.717, 1.165) is 25.6 Å². The largest absolute Gasteiger partial charge is 0.382 e. The molecule has 12 heavy (non-hydrogen) atoms. The summed E-state index contributed by atoms with van der Waals surface area (Å²) in [5.41, 5.74) is 0. The van der Waals surface area contributed by atoms with Crippen LogP contribution in [0.3, 0.4) is 0 Å². The Morgan fingerprint density at radius 2 is 1.75 bits per heavy atom. The van der Waals surface area contributed by atoms with Crippen molar-refractivity contribution >= 4 is 0 Å². The molecule has 1 nitrogen and oxygen atoms in total. The van der Waals surface area contributed by atoms with E-state index in [4.69, 9.17) is 4.74 Å². The SMILES string of the molecule is CC1CCCC1.CCCOCC. The van der Waals surface area contributed by atoms with Gasteiger partial charge >= 0.3 is 0 Å². The molecule has 0 spiro atoms. The lowest BCUT2D eigenvalue weighted by atomic mass is 10.2. The zero-order valence-electron chi connectivity index (χ0n) is 8.94. The second-order valence-corrected chi connectivity index (χ2v) is 3.59. The Bertz CT molecular complexity index is 71.1. The van der Waals surface area contributed by atoms with Crippen LogP contribution in [0.2, 0.25) is 0 Å². The van der Waals surface area contributed by atoms with Gasteiger partial charge in [0.2, 0.25) is 0 Å². The van der Waals surface area contributed by atoms with Gasteiger partial charge in [-0.25, -0.2) is 0 Å². The van der Waals surface area contributed by atoms with Crippen LogP contribution in [0.5, 0.6) is 0 Å². The lowest BCUT2D eigenvalue weighted by Crippen LogP contribution is -1.88. The van der Waals surface area contributed by atoms with Gasteiger partial charge in [0.1, 0.15) is 0 Å². The second-order valence-electron chi connectivity index (χ2n) is 3.59. The van der Waals surface area contributed by atoms with E-state index in [2.05, 4.69) is 13.8 Å². The first kappa shape index (κ1) is 12.0. The molecule has 0 radical (unpaired) electrons. The summed E-state index contributed by atoms with van der Waals surface area (Å²) in [7, 11) is 0. The average molecular weight is 172 g/mol. The first-order valence-corrected chi connectivity index (χ1v) is 5.39. The van der Waals surface area contributed by atoms with E-state index < -0.39 is 0 Å². The van der Waals surface area contributed by atoms with Gasteiger partial charge in [0, 0.05) is 13.2 Å². The van der Waals surface area contributed by atoms with Crippen molar-refractivity contribution in [3.8, 4) is 0 Å². The maximum Gasteiger partial charge on any atom is 0.0463 e. The van der Waals surface area contributed by atoms with Crippen LogP contribution in [0.15, 0.2) is 0 Å². The minimum Gasteiger partial charge on any atom is -0.382 e. The van der Waals surface area contributed by atoms with Gasteiger partial charge in [-0.2, -0.15) is 0 Å². The molecular weight excluding hydrogens is 148 g/mol. The van der Waals surface area contributed by atoms with Gasteiger partial charge in [0.25, 0.3) is 0 Å². The fourth-order valence-electron chi connectivity index (χ4n) is 1.42. The molecule has 0 heterocycles. The molecule has 1 fully saturated rings. The molecule has 1 aliphatic rings. The van der Waals surface area contributed by atoms with Crippen molar-refractivity contribution in [1.82, 2.24) is 0 Å². The Labute approximate surface area is 77.5 Å². The van der Waals surface area contributed by atoms with Gasteiger partial charge in [-0.15, -0.1) is 0 Å². The minimum absolute atomic E-state index is 0.855. The fourth-order valence-corrected chi connectivity index (χ4v) is 1.42. The van der Waals surface area contributed by atoms with Crippen molar-refractivity contribution < 1.29 is 4.74 Å². The molecule has 0 aromatic rings. The molecule has 0 aliphatic heterocycles. The first-order valence-electron chi connectivity index (χ1n) is 5.39. The van der Waals surface area contributed by atoms with Crippen LogP contribution in [-0.2, 0) is 4.74 Å². The molecule has 0 bridgehead atoms. The Kier molecular flexibility index (Phi) is 9.02. The summed E-state index contributed by atoms with van der Waals surface area (Å²) in [5, 5.41) is 0. The highest BCUT2D eigenvalue weighted by Crippen LogP contribution is 2.22. The van der Waals surface area contributed by atoms with Gasteiger partial charge in [0.15, 0.2) is 0 Å². The fraction of sp³-hybridized carbons (Fsp3) is 1.00. The minimum atomic E-state index is 0.855. The van der Waals surface area contributed by atoms with E-state index in [-0.39, 0.29) is 0 Å². The molecule has 74 valence electrons. The third kappa shape index (κ3) is 8.06. The van der Waals surface area contributed by atoms with Crippen LogP contribution in [0, 0.1) is 5.92 Å². The summed E-state index contributed by atoms with van der Waals surface area (Å²) in [4.78, 5) is 0. The molecule has 0 amide bonds. The lowest BCUT2D eigenvalue weighted by Gasteiger charge is -1.91. The highest BCUT2D eigenvalue weighted by Gasteiger charge is 2.07. The molecule has 0 atom stereocenters. The third-order valence-electron chi connectivity index (χ3n) is 2.20. The monoisotopic (exact) mass is 172 g/mol. The molecular formula is C11H24O. The van der Waals surface area contributed by atoms with E-state index in [9.17, 15) is 0 Å². The Morgan fingerprint density at radius 3 is 1.92 bits per heavy atom. The number of hydrogen-bond donors (Lipinski definition) is 0. The summed E-state index contributed by atoms with van der Waals surface area (Å²) in [6.07, 6.45) is 7.08. The van der Waals surface area contributed by atoms with Gasteiger partial charge in [-0.05, 0) is 19.3 Å². The number of ether oxygens (including phenoxy) is 1. The maximum absolute atomic E-state index is 4.98. The molecule has 1 rings (SSSR count). The van der Waals surface area contributed by atoms with Gasteiger partial charge in [-0.3, -0.25) is 0 Å². The van der Waals surface area contributed by atoms with Crippen LogP contribution < -0.4 is 0 Å². The van der Waals surface area contributed by atoms with Crippen molar-refractivity contribution in [3.63, 3.8) is 0 Å². The smallest absolute Gasteiger partial charge is 0.0463 e. The van der Waals surface area contributed by atoms with Crippen LogP contribution in [0.25, 0.3) is 0 Å². The van der Waals surface area contributed by atoms with E-state index >= 15 is 0 Å². The zero-order chi connectivity index (χ0) is 9.23. The summed E-state index contributed by atoms with van der Waals surface area (Å²) < 4.78 is 4.98. The first-order chi connectivity index (χ1) is 5.81. The van der Waals surface area contributed by atoms with Crippen molar-refractivity contribution in [2.45, 2.75) is 52.9 Å². The Morgan fingerprint density at radius 1 is 1.17 bits per heavy atom. The zero-order valence-corrected chi connectivity index (χ0v) is 8.94. The molecule has 0 N–H and O–H groups in total. The lowest BCUT2D eigenvalue weighted by molar-refractivity contribution is 0.148. The molecule has 0 saturated heterocycles. The second kappa shape index (κ2) is 9.05. The summed E-state index contributed by atoms with van der Waals surface area (Å²) in [6, 6.07) is 0. The normalized spacial score (nSPS) is 17.2. The highest BCUT2D eigenvalue weighted by atomic mass is 16.5. The van der Waals surface area contributed by atoms with Gasteiger partial charge < -0.3 is 4.74 Å². The average Bonchev–Trinajstić information content (AvgIpc) is 2.53. The standard InChI is InChI=1S/C6H12.C5H12O/c1-6-4-2-3-5-6;1-3-5-6-4-2/h6H,2-5H2,1H3;3-5H2,1-2H3. The van der Waals surface area contributed by atoms with Crippen LogP contribution in [-0.4, -0.2) is 13.2 Å². The third-order valence-corrected chi connectivity index (χ3v) is 2.20. The Balaban J connectivity index is 0.000000202. The van der Waals surface area contributed by atoms with Gasteiger partial charge in [-0.1, -0.05) is 39.5 Å². The van der Waals surface area contributed by atoms with Gasteiger partial charge in [0.05, 0.1) is 0 Å².